The molecule has 3 rings (SSSR count). The summed E-state index contributed by atoms with van der Waals surface area (Å²) in [5.41, 5.74) is -10.4. The fraction of sp³-hybridized carbons (Fsp3) is 0.158. The first-order valence-electron chi connectivity index (χ1n) is 8.72. The molecule has 0 aliphatic heterocycles. The van der Waals surface area contributed by atoms with E-state index in [1.54, 1.807) is 0 Å². The summed E-state index contributed by atoms with van der Waals surface area (Å²) in [6.45, 7) is 0.772. The van der Waals surface area contributed by atoms with Crippen LogP contribution in [0, 0.1) is 41.8 Å². The molecule has 0 bridgehead atoms. The van der Waals surface area contributed by atoms with Crippen molar-refractivity contribution in [1.29, 1.82) is 0 Å². The summed E-state index contributed by atoms with van der Waals surface area (Å²) >= 11 is 0. The Labute approximate surface area is 201 Å². The zero-order chi connectivity index (χ0) is 26.8. The van der Waals surface area contributed by atoms with E-state index < -0.39 is 92.6 Å². The van der Waals surface area contributed by atoms with Gasteiger partial charge in [-0.2, -0.15) is 36.1 Å². The number of aryl methyl sites for hydroxylation is 1. The molecule has 4 nitrogen and oxygen atoms in total. The smallest absolute Gasteiger partial charge is 0.419 e. The van der Waals surface area contributed by atoms with E-state index in [1.165, 1.54) is 0 Å². The van der Waals surface area contributed by atoms with Gasteiger partial charge < -0.3 is 5.11 Å². The second-order valence-corrected chi connectivity index (χ2v) is 6.82. The molecule has 1 radical (unpaired) electrons. The average molecular weight is 577 g/mol. The number of carbonyl (C=O) groups excluding carboxylic acids is 1. The average Bonchev–Trinajstić information content (AvgIpc) is 3.02. The van der Waals surface area contributed by atoms with Crippen molar-refractivity contribution in [3.8, 4) is 11.6 Å². The molecule has 17 heteroatoms. The van der Waals surface area contributed by atoms with Gasteiger partial charge in [-0.05, 0) is 19.1 Å². The Morgan fingerprint density at radius 3 is 1.56 bits per heavy atom. The summed E-state index contributed by atoms with van der Waals surface area (Å²) < 4.78 is 160. The van der Waals surface area contributed by atoms with E-state index in [0.29, 0.717) is 0 Å². The van der Waals surface area contributed by atoms with E-state index >= 15 is 0 Å². The van der Waals surface area contributed by atoms with Crippen molar-refractivity contribution in [3.63, 3.8) is 0 Å². The molecule has 0 amide bonds. The minimum Gasteiger partial charge on any atom is -0.493 e. The predicted octanol–water partition coefficient (Wildman–Crippen LogP) is 5.99. The summed E-state index contributed by atoms with van der Waals surface area (Å²) in [7, 11) is 0. The van der Waals surface area contributed by atoms with Gasteiger partial charge in [0.2, 0.25) is 11.7 Å². The molecule has 0 unspecified atom stereocenters. The van der Waals surface area contributed by atoms with Crippen molar-refractivity contribution in [2.75, 3.05) is 0 Å². The molecule has 1 heterocycles. The van der Waals surface area contributed by atoms with Crippen LogP contribution in [-0.4, -0.2) is 20.7 Å². The number of ketones is 1. The molecule has 1 aromatic heterocycles. The van der Waals surface area contributed by atoms with Crippen LogP contribution in [0.3, 0.4) is 0 Å². The molecule has 36 heavy (non-hydrogen) atoms. The van der Waals surface area contributed by atoms with Gasteiger partial charge in [-0.1, -0.05) is 0 Å². The van der Waals surface area contributed by atoms with Gasteiger partial charge in [-0.3, -0.25) is 4.79 Å². The molecule has 195 valence electrons. The fourth-order valence-corrected chi connectivity index (χ4v) is 3.03. The van der Waals surface area contributed by atoms with Gasteiger partial charge in [-0.15, -0.1) is 0 Å². The molecule has 3 aromatic rings. The molecule has 0 spiro atoms. The van der Waals surface area contributed by atoms with Gasteiger partial charge in [0.05, 0.1) is 16.8 Å². The van der Waals surface area contributed by atoms with Gasteiger partial charge >= 0.3 is 12.4 Å². The van der Waals surface area contributed by atoms with E-state index in [9.17, 15) is 62.6 Å². The van der Waals surface area contributed by atoms with Crippen LogP contribution in [0.2, 0.25) is 0 Å². The Balaban J connectivity index is 0.00000456. The first-order valence-corrected chi connectivity index (χ1v) is 8.72. The monoisotopic (exact) mass is 577 g/mol. The third-order valence-corrected chi connectivity index (χ3v) is 4.61. The molecule has 2 aromatic carbocycles. The Bertz CT molecular complexity index is 1310. The first-order chi connectivity index (χ1) is 15.9. The van der Waals surface area contributed by atoms with Crippen LogP contribution >= 0.6 is 0 Å². The van der Waals surface area contributed by atoms with E-state index in [2.05, 4.69) is 5.10 Å². The van der Waals surface area contributed by atoms with E-state index in [-0.39, 0.29) is 33.9 Å². The van der Waals surface area contributed by atoms with Crippen molar-refractivity contribution >= 4 is 5.78 Å². The van der Waals surface area contributed by atoms with Crippen molar-refractivity contribution < 1.29 is 79.7 Å². The number of rotatable bonds is 3. The largest absolute Gasteiger partial charge is 0.493 e. The molecular weight excluding hydrogens is 571 g/mol. The number of carbonyl (C=O) groups is 1. The van der Waals surface area contributed by atoms with Crippen LogP contribution in [-0.2, 0) is 29.4 Å². The van der Waals surface area contributed by atoms with Gasteiger partial charge in [-0.25, -0.2) is 26.3 Å². The summed E-state index contributed by atoms with van der Waals surface area (Å²) in [5.74, 6) is -18.9. The standard InChI is InChI=1S/C19H6F12N2O2.Mn/c1-4-8(17(35)33(32-4)15-13(24)11(22)10(21)12(23)14(15)25)16(34)5-2-6(18(26,27)28)9(20)7(3-5)19(29,30)31;/h2-3,35H,1H3;. The zero-order valence-corrected chi connectivity index (χ0v) is 18.0. The number of benzene rings is 2. The van der Waals surface area contributed by atoms with Gasteiger partial charge in [0.15, 0.2) is 29.1 Å². The van der Waals surface area contributed by atoms with Crippen LogP contribution in [0.25, 0.3) is 5.69 Å². The summed E-state index contributed by atoms with van der Waals surface area (Å²) in [6.07, 6.45) is -11.4. The first kappa shape index (κ1) is 29.0. The Morgan fingerprint density at radius 2 is 1.17 bits per heavy atom. The predicted molar refractivity (Wildman–Crippen MR) is 89.6 cm³/mol. The van der Waals surface area contributed by atoms with Crippen molar-refractivity contribution in [1.82, 2.24) is 9.78 Å². The van der Waals surface area contributed by atoms with Crippen LogP contribution in [0.1, 0.15) is 32.7 Å². The molecular formula is C19H6F12MnN2O2. The van der Waals surface area contributed by atoms with Gasteiger partial charge in [0.1, 0.15) is 17.1 Å². The third-order valence-electron chi connectivity index (χ3n) is 4.61. The Morgan fingerprint density at radius 1 is 0.778 bits per heavy atom. The maximum atomic E-state index is 14.1. The number of halogens is 12. The van der Waals surface area contributed by atoms with Crippen LogP contribution < -0.4 is 0 Å². The topological polar surface area (TPSA) is 55.1 Å². The zero-order valence-electron chi connectivity index (χ0n) is 16.8. The van der Waals surface area contributed by atoms with E-state index in [1.807, 2.05) is 0 Å². The molecule has 0 fully saturated rings. The van der Waals surface area contributed by atoms with Crippen molar-refractivity contribution in [3.05, 3.63) is 75.0 Å². The molecule has 0 saturated carbocycles. The van der Waals surface area contributed by atoms with E-state index in [0.717, 1.165) is 6.92 Å². The second-order valence-electron chi connectivity index (χ2n) is 6.82. The maximum absolute atomic E-state index is 14.1. The Hall–Kier alpha value is -3.20. The number of alkyl halides is 6. The molecule has 0 aliphatic carbocycles. The number of aromatic nitrogens is 2. The van der Waals surface area contributed by atoms with Crippen LogP contribution in [0.4, 0.5) is 52.7 Å². The summed E-state index contributed by atoms with van der Waals surface area (Å²) in [4.78, 5) is 12.7. The molecule has 1 N–H and O–H groups in total. The summed E-state index contributed by atoms with van der Waals surface area (Å²) in [6, 6.07) is -0.636. The maximum Gasteiger partial charge on any atom is 0.419 e. The van der Waals surface area contributed by atoms with Crippen molar-refractivity contribution in [2.45, 2.75) is 19.3 Å². The number of hydrogen-bond donors (Lipinski definition) is 1. The van der Waals surface area contributed by atoms with Gasteiger partial charge in [0, 0.05) is 22.6 Å². The van der Waals surface area contributed by atoms with Crippen molar-refractivity contribution in [2.24, 2.45) is 0 Å². The van der Waals surface area contributed by atoms with Gasteiger partial charge in [0.25, 0.3) is 0 Å². The minimum atomic E-state index is -5.71. The molecule has 0 saturated heterocycles. The second kappa shape index (κ2) is 9.35. The third kappa shape index (κ3) is 4.64. The van der Waals surface area contributed by atoms with Crippen LogP contribution in [0.15, 0.2) is 12.1 Å². The number of aromatic hydroxyl groups is 1. The Kier molecular flexibility index (Phi) is 7.54. The van der Waals surface area contributed by atoms with Crippen LogP contribution in [0.5, 0.6) is 5.88 Å². The minimum absolute atomic E-state index is 0. The normalized spacial score (nSPS) is 12.0. The summed E-state index contributed by atoms with van der Waals surface area (Å²) in [5, 5.41) is 13.4. The number of hydrogen-bond acceptors (Lipinski definition) is 3. The SMILES string of the molecule is Cc1nn(-c2c(F)c(F)c(F)c(F)c2F)c(O)c1C(=O)c1cc(C(F)(F)F)c(F)c(C(F)(F)F)c1.[Mn]. The fourth-order valence-electron chi connectivity index (χ4n) is 3.03. The quantitative estimate of drug-likeness (QED) is 0.137. The molecule has 0 atom stereocenters. The van der Waals surface area contributed by atoms with E-state index in [4.69, 9.17) is 0 Å². The number of nitrogens with zero attached hydrogens (tertiary/aromatic N) is 2. The molecule has 0 aliphatic rings.